The van der Waals surface area contributed by atoms with E-state index in [2.05, 4.69) is 21.3 Å². The van der Waals surface area contributed by atoms with Gasteiger partial charge in [-0.2, -0.15) is 0 Å². The smallest absolute Gasteiger partial charge is 0.328 e. The number of benzene rings is 3. The lowest BCUT2D eigenvalue weighted by Gasteiger charge is -2.30. The first-order valence-electron chi connectivity index (χ1n) is 17.9. The van der Waals surface area contributed by atoms with Crippen molar-refractivity contribution in [2.75, 3.05) is 13.7 Å². The Balaban J connectivity index is 1.72. The predicted octanol–water partition coefficient (Wildman–Crippen LogP) is 3.65. The number of carbonyl (C=O) groups excluding carboxylic acids is 5. The standard InChI is InChI=1S/C40H55N5O7/c1-8-26(6)37(39(49)45-36(25(4)5)40(50)51-7)43-33(46)22-30(41)31(21-27-15-10-9-11-16-27)42-38(48)35(24(2)3)44-34(47)23-52-32-20-14-18-28-17-12-13-19-29(28)32/h9-20,24-26,30-31,35-37H,8,21-23,41H2,1-7H3,(H,42,48)(H,43,46)(H,44,47)(H,45,49)/t26-,30-,31-,35-,36-,37-/m0/s1. The summed E-state index contributed by atoms with van der Waals surface area (Å²) in [5, 5.41) is 13.2. The van der Waals surface area contributed by atoms with Gasteiger partial charge in [0.15, 0.2) is 6.61 Å². The Morgan fingerprint density at radius 2 is 1.29 bits per heavy atom. The lowest BCUT2D eigenvalue weighted by molar-refractivity contribution is -0.147. The topological polar surface area (TPSA) is 178 Å². The third-order valence-electron chi connectivity index (χ3n) is 9.17. The highest BCUT2D eigenvalue weighted by atomic mass is 16.5. The summed E-state index contributed by atoms with van der Waals surface area (Å²) >= 11 is 0. The Bertz CT molecular complexity index is 1640. The van der Waals surface area contributed by atoms with E-state index in [1.54, 1.807) is 19.9 Å². The van der Waals surface area contributed by atoms with Crippen molar-refractivity contribution in [3.05, 3.63) is 78.4 Å². The fourth-order valence-corrected chi connectivity index (χ4v) is 5.82. The second-order valence-corrected chi connectivity index (χ2v) is 13.9. The number of rotatable bonds is 19. The number of hydrogen-bond acceptors (Lipinski definition) is 8. The molecule has 0 aliphatic heterocycles. The van der Waals surface area contributed by atoms with E-state index in [1.165, 1.54) is 7.11 Å². The van der Waals surface area contributed by atoms with Crippen LogP contribution in [0.5, 0.6) is 5.75 Å². The molecule has 0 fully saturated rings. The van der Waals surface area contributed by atoms with Crippen LogP contribution in [0.3, 0.4) is 0 Å². The van der Waals surface area contributed by atoms with Crippen molar-refractivity contribution in [3.8, 4) is 5.75 Å². The molecule has 0 aliphatic carbocycles. The molecule has 6 N–H and O–H groups in total. The van der Waals surface area contributed by atoms with Gasteiger partial charge in [0.1, 0.15) is 23.9 Å². The van der Waals surface area contributed by atoms with E-state index in [1.807, 2.05) is 94.4 Å². The van der Waals surface area contributed by atoms with Gasteiger partial charge in [-0.25, -0.2) is 4.79 Å². The Hall–Kier alpha value is -4.97. The van der Waals surface area contributed by atoms with E-state index in [9.17, 15) is 24.0 Å². The molecule has 0 unspecified atom stereocenters. The van der Waals surface area contributed by atoms with Crippen LogP contribution in [0.2, 0.25) is 0 Å². The highest BCUT2D eigenvalue weighted by Gasteiger charge is 2.34. The van der Waals surface area contributed by atoms with E-state index >= 15 is 0 Å². The molecule has 6 atom stereocenters. The van der Waals surface area contributed by atoms with Crippen molar-refractivity contribution < 1.29 is 33.4 Å². The van der Waals surface area contributed by atoms with Gasteiger partial charge in [-0.3, -0.25) is 19.2 Å². The number of esters is 1. The van der Waals surface area contributed by atoms with Crippen LogP contribution in [-0.2, 0) is 35.1 Å². The van der Waals surface area contributed by atoms with Crippen LogP contribution in [0.25, 0.3) is 10.8 Å². The molecule has 0 spiro atoms. The maximum absolute atomic E-state index is 13.8. The van der Waals surface area contributed by atoms with Gasteiger partial charge in [0.05, 0.1) is 7.11 Å². The third-order valence-corrected chi connectivity index (χ3v) is 9.17. The summed E-state index contributed by atoms with van der Waals surface area (Å²) in [6.45, 7) is 10.6. The number of carbonyl (C=O) groups is 5. The summed E-state index contributed by atoms with van der Waals surface area (Å²) < 4.78 is 10.7. The lowest BCUT2D eigenvalue weighted by atomic mass is 9.94. The van der Waals surface area contributed by atoms with Crippen LogP contribution < -0.4 is 31.7 Å². The summed E-state index contributed by atoms with van der Waals surface area (Å²) in [6, 6.07) is 18.4. The molecule has 0 saturated carbocycles. The normalized spacial score (nSPS) is 14.7. The zero-order valence-corrected chi connectivity index (χ0v) is 31.3. The Morgan fingerprint density at radius 3 is 1.92 bits per heavy atom. The van der Waals surface area contributed by atoms with Crippen LogP contribution >= 0.6 is 0 Å². The number of amides is 4. The van der Waals surface area contributed by atoms with Crippen LogP contribution in [0.1, 0.15) is 59.9 Å². The molecular formula is C40H55N5O7. The molecule has 52 heavy (non-hydrogen) atoms. The first-order valence-corrected chi connectivity index (χ1v) is 17.9. The van der Waals surface area contributed by atoms with Gasteiger partial charge in [0.2, 0.25) is 17.7 Å². The maximum atomic E-state index is 13.8. The molecular weight excluding hydrogens is 662 g/mol. The average molecular weight is 718 g/mol. The monoisotopic (exact) mass is 717 g/mol. The van der Waals surface area contributed by atoms with Crippen LogP contribution in [0, 0.1) is 17.8 Å². The molecule has 3 aromatic carbocycles. The van der Waals surface area contributed by atoms with Crippen molar-refractivity contribution in [2.24, 2.45) is 23.5 Å². The van der Waals surface area contributed by atoms with E-state index < -0.39 is 59.8 Å². The van der Waals surface area contributed by atoms with Gasteiger partial charge in [-0.1, -0.05) is 115 Å². The van der Waals surface area contributed by atoms with Gasteiger partial charge in [-0.05, 0) is 41.2 Å². The minimum Gasteiger partial charge on any atom is -0.483 e. The van der Waals surface area contributed by atoms with Gasteiger partial charge < -0.3 is 36.5 Å². The SMILES string of the molecule is CC[C@H](C)[C@H](NC(=O)C[C@H](N)[C@H](Cc1ccccc1)NC(=O)[C@@H](NC(=O)COc1cccc2ccccc12)C(C)C)C(=O)N[C@H](C(=O)OC)C(C)C. The second kappa shape index (κ2) is 20.2. The van der Waals surface area contributed by atoms with Crippen LogP contribution in [0.15, 0.2) is 72.8 Å². The summed E-state index contributed by atoms with van der Waals surface area (Å²) in [5.41, 5.74) is 7.53. The molecule has 0 aromatic heterocycles. The van der Waals surface area contributed by atoms with Crippen LogP contribution in [-0.4, -0.2) is 73.5 Å². The van der Waals surface area contributed by atoms with E-state index in [-0.39, 0.29) is 30.8 Å². The minimum absolute atomic E-state index is 0.208. The lowest BCUT2D eigenvalue weighted by Crippen LogP contribution is -2.58. The van der Waals surface area contributed by atoms with Gasteiger partial charge in [-0.15, -0.1) is 0 Å². The van der Waals surface area contributed by atoms with Crippen molar-refractivity contribution in [2.45, 2.75) is 91.0 Å². The van der Waals surface area contributed by atoms with E-state index in [0.29, 0.717) is 18.6 Å². The number of methoxy groups -OCH3 is 1. The van der Waals surface area contributed by atoms with Crippen molar-refractivity contribution >= 4 is 40.4 Å². The molecule has 0 heterocycles. The molecule has 12 heteroatoms. The van der Waals surface area contributed by atoms with Gasteiger partial charge in [0, 0.05) is 23.9 Å². The third kappa shape index (κ3) is 12.1. The number of fused-ring (bicyclic) bond motifs is 1. The van der Waals surface area contributed by atoms with E-state index in [4.69, 9.17) is 15.2 Å². The molecule has 3 aromatic rings. The highest BCUT2D eigenvalue weighted by Crippen LogP contribution is 2.25. The van der Waals surface area contributed by atoms with Gasteiger partial charge in [0.25, 0.3) is 5.91 Å². The van der Waals surface area contributed by atoms with Gasteiger partial charge >= 0.3 is 5.97 Å². The first-order chi connectivity index (χ1) is 24.7. The Morgan fingerprint density at radius 1 is 0.692 bits per heavy atom. The molecule has 0 bridgehead atoms. The second-order valence-electron chi connectivity index (χ2n) is 13.9. The molecule has 282 valence electrons. The zero-order valence-electron chi connectivity index (χ0n) is 31.3. The minimum atomic E-state index is -0.936. The Labute approximate surface area is 307 Å². The number of hydrogen-bond donors (Lipinski definition) is 5. The summed E-state index contributed by atoms with van der Waals surface area (Å²) in [6.07, 6.45) is 0.686. The van der Waals surface area contributed by atoms with Crippen molar-refractivity contribution in [1.29, 1.82) is 0 Å². The number of nitrogens with one attached hydrogen (secondary N) is 4. The fraction of sp³-hybridized carbons (Fsp3) is 0.475. The molecule has 4 amide bonds. The quantitative estimate of drug-likeness (QED) is 0.117. The van der Waals surface area contributed by atoms with Crippen molar-refractivity contribution in [1.82, 2.24) is 21.3 Å². The predicted molar refractivity (Wildman–Crippen MR) is 201 cm³/mol. The molecule has 0 aliphatic rings. The van der Waals surface area contributed by atoms with Crippen molar-refractivity contribution in [3.63, 3.8) is 0 Å². The Kier molecular flexibility index (Phi) is 16.1. The first kappa shape index (κ1) is 41.5. The summed E-state index contributed by atoms with van der Waals surface area (Å²) in [5.74, 6) is -2.71. The number of nitrogens with two attached hydrogens (primary N) is 1. The molecule has 3 rings (SSSR count). The molecule has 0 radical (unpaired) electrons. The molecule has 12 nitrogen and oxygen atoms in total. The average Bonchev–Trinajstić information content (AvgIpc) is 3.13. The van der Waals surface area contributed by atoms with E-state index in [0.717, 1.165) is 16.3 Å². The highest BCUT2D eigenvalue weighted by molar-refractivity contribution is 5.92. The zero-order chi connectivity index (χ0) is 38.4. The molecule has 0 saturated heterocycles. The summed E-state index contributed by atoms with van der Waals surface area (Å²) in [7, 11) is 1.25. The van der Waals surface area contributed by atoms with Crippen LogP contribution in [0.4, 0.5) is 0 Å². The maximum Gasteiger partial charge on any atom is 0.328 e. The number of ether oxygens (including phenoxy) is 2. The largest absolute Gasteiger partial charge is 0.483 e. The summed E-state index contributed by atoms with van der Waals surface area (Å²) in [4.78, 5) is 66.0. The fourth-order valence-electron chi connectivity index (χ4n) is 5.82.